The van der Waals surface area contributed by atoms with Gasteiger partial charge in [-0.2, -0.15) is 8.42 Å². The second-order valence-corrected chi connectivity index (χ2v) is 13.5. The van der Waals surface area contributed by atoms with Gasteiger partial charge in [0.25, 0.3) is 15.9 Å². The fourth-order valence-electron chi connectivity index (χ4n) is 3.26. The fraction of sp³-hybridized carbons (Fsp3) is 0. The first-order chi connectivity index (χ1) is 17.0. The van der Waals surface area contributed by atoms with Crippen LogP contribution in [-0.2, 0) is 14.9 Å². The number of hydrogen-bond donors (Lipinski definition) is 2. The molecule has 0 aromatic heterocycles. The van der Waals surface area contributed by atoms with Crippen molar-refractivity contribution >= 4 is 129 Å². The highest BCUT2D eigenvalue weighted by Gasteiger charge is 2.35. The highest BCUT2D eigenvalue weighted by molar-refractivity contribution is 14.1. The van der Waals surface area contributed by atoms with Gasteiger partial charge in [0, 0.05) is 31.1 Å². The first kappa shape index (κ1) is 30.5. The molecule has 0 heterocycles. The van der Waals surface area contributed by atoms with E-state index in [-0.39, 0.29) is 48.2 Å². The van der Waals surface area contributed by atoms with Crippen LogP contribution >= 0.6 is 102 Å². The lowest BCUT2D eigenvalue weighted by atomic mass is 9.90. The molecule has 3 rings (SSSR count). The second-order valence-electron chi connectivity index (χ2n) is 6.96. The van der Waals surface area contributed by atoms with Crippen molar-refractivity contribution in [2.24, 2.45) is 0 Å². The van der Waals surface area contributed by atoms with Crippen LogP contribution in [0.1, 0.15) is 11.1 Å². The molecule has 1 aliphatic rings. The van der Waals surface area contributed by atoms with Gasteiger partial charge >= 0.3 is 11.4 Å². The molecule has 0 atom stereocenters. The molecular weight excluding hydrogens is 959 g/mol. The first-order valence-electron chi connectivity index (χ1n) is 9.02. The minimum Gasteiger partial charge on any atom is -0.501 e. The van der Waals surface area contributed by atoms with Gasteiger partial charge in [0.15, 0.2) is 0 Å². The number of nitro benzene ring substituents is 1. The standard InChI is InChI=1S/C19H6Br5IN2O9S/c20-7-1-5(3-9(17(7)28)26(30)31)11(6-2-8(25)18(29)10(4-6)27(32)33)12-13(21)14(22)15(23)16(24)19(12)37(34,35)36/h1-4,28H,(H,34,35,36). The number of phenols is 1. The number of carbonyl (C=O) groups excluding carboxylic acids is 1. The summed E-state index contributed by atoms with van der Waals surface area (Å²) >= 11 is 17.5. The molecule has 1 aliphatic carbocycles. The number of ketones is 1. The Bertz CT molecular complexity index is 1650. The van der Waals surface area contributed by atoms with Crippen molar-refractivity contribution in [3.8, 4) is 5.75 Å². The van der Waals surface area contributed by atoms with Crippen LogP contribution in [0, 0.1) is 20.2 Å². The van der Waals surface area contributed by atoms with Gasteiger partial charge < -0.3 is 5.11 Å². The highest BCUT2D eigenvalue weighted by atomic mass is 127. The molecule has 0 amide bonds. The summed E-state index contributed by atoms with van der Waals surface area (Å²) in [4.78, 5) is 33.1. The Morgan fingerprint density at radius 3 is 2.00 bits per heavy atom. The van der Waals surface area contributed by atoms with Crippen LogP contribution in [-0.4, -0.2) is 33.7 Å². The molecule has 194 valence electrons. The molecule has 0 bridgehead atoms. The number of nitro groups is 2. The number of allylic oxidation sites excluding steroid dienone is 4. The Morgan fingerprint density at radius 1 is 0.919 bits per heavy atom. The second kappa shape index (κ2) is 11.2. The molecule has 2 aromatic rings. The summed E-state index contributed by atoms with van der Waals surface area (Å²) in [6.07, 6.45) is 2.11. The lowest BCUT2D eigenvalue weighted by Gasteiger charge is -2.21. The van der Waals surface area contributed by atoms with Crippen LogP contribution in [0.3, 0.4) is 0 Å². The van der Waals surface area contributed by atoms with Crippen molar-refractivity contribution in [1.82, 2.24) is 0 Å². The zero-order chi connectivity index (χ0) is 28.1. The van der Waals surface area contributed by atoms with E-state index in [0.29, 0.717) is 0 Å². The van der Waals surface area contributed by atoms with Crippen LogP contribution in [0.4, 0.5) is 5.69 Å². The third kappa shape index (κ3) is 5.80. The van der Waals surface area contributed by atoms with Crippen molar-refractivity contribution in [3.05, 3.63) is 92.9 Å². The predicted molar refractivity (Wildman–Crippen MR) is 158 cm³/mol. The Hall–Kier alpha value is -1.03. The van der Waals surface area contributed by atoms with Gasteiger partial charge in [-0.3, -0.25) is 29.6 Å². The van der Waals surface area contributed by atoms with E-state index in [1.54, 1.807) is 22.6 Å². The molecule has 0 fully saturated rings. The van der Waals surface area contributed by atoms with E-state index in [1.807, 2.05) is 0 Å². The monoisotopic (exact) mass is 959 g/mol. The Balaban J connectivity index is 2.72. The fourth-order valence-corrected chi connectivity index (χ4v) is 8.30. The van der Waals surface area contributed by atoms with Gasteiger partial charge in [0.2, 0.25) is 5.75 Å². The van der Waals surface area contributed by atoms with Crippen molar-refractivity contribution in [1.29, 1.82) is 0 Å². The van der Waals surface area contributed by atoms with Crippen molar-refractivity contribution in [2.45, 2.75) is 4.90 Å². The highest BCUT2D eigenvalue weighted by Crippen LogP contribution is 2.50. The maximum absolute atomic E-state index is 12.6. The third-order valence-electron chi connectivity index (χ3n) is 4.77. The van der Waals surface area contributed by atoms with Crippen molar-refractivity contribution in [3.63, 3.8) is 0 Å². The minimum absolute atomic E-state index is 0.0286. The predicted octanol–water partition coefficient (Wildman–Crippen LogP) is 7.22. The molecule has 18 heteroatoms. The van der Waals surface area contributed by atoms with Crippen LogP contribution in [0.2, 0.25) is 0 Å². The first-order valence-corrected chi connectivity index (χ1v) is 15.5. The van der Waals surface area contributed by atoms with Gasteiger partial charge in [-0.1, -0.05) is 0 Å². The van der Waals surface area contributed by atoms with Gasteiger partial charge in [-0.05, 0) is 131 Å². The number of benzene rings is 2. The van der Waals surface area contributed by atoms with Gasteiger partial charge in [0.05, 0.1) is 22.4 Å². The molecule has 0 saturated heterocycles. The molecule has 37 heavy (non-hydrogen) atoms. The summed E-state index contributed by atoms with van der Waals surface area (Å²) in [6.45, 7) is 0. The van der Waals surface area contributed by atoms with Crippen LogP contribution in [0.15, 0.2) is 66.4 Å². The maximum atomic E-state index is 12.6. The molecule has 0 spiro atoms. The van der Waals surface area contributed by atoms with E-state index in [9.17, 15) is 43.1 Å². The van der Waals surface area contributed by atoms with Gasteiger partial charge in [-0.15, -0.1) is 0 Å². The summed E-state index contributed by atoms with van der Waals surface area (Å²) in [7, 11) is -5.02. The Kier molecular flexibility index (Phi) is 9.25. The van der Waals surface area contributed by atoms with Crippen LogP contribution in [0.25, 0.3) is 5.57 Å². The number of rotatable bonds is 5. The summed E-state index contributed by atoms with van der Waals surface area (Å²) in [5.41, 5.74) is -2.22. The number of nitrogens with zero attached hydrogens (tertiary/aromatic N) is 2. The molecule has 0 radical (unpaired) electrons. The van der Waals surface area contributed by atoms with E-state index in [0.717, 1.165) is 12.1 Å². The van der Waals surface area contributed by atoms with E-state index >= 15 is 0 Å². The quantitative estimate of drug-likeness (QED) is 0.0782. The summed E-state index contributed by atoms with van der Waals surface area (Å²) in [5, 5.41) is 33.4. The van der Waals surface area contributed by atoms with Crippen LogP contribution in [0.5, 0.6) is 5.75 Å². The lowest BCUT2D eigenvalue weighted by molar-refractivity contribution is -0.418. The van der Waals surface area contributed by atoms with E-state index in [4.69, 9.17) is 0 Å². The zero-order valence-corrected chi connectivity index (χ0v) is 28.0. The largest absolute Gasteiger partial charge is 0.501 e. The zero-order valence-electron chi connectivity index (χ0n) is 17.1. The van der Waals surface area contributed by atoms with E-state index in [2.05, 4.69) is 79.6 Å². The molecule has 2 aromatic carbocycles. The van der Waals surface area contributed by atoms with Gasteiger partial charge in [0.1, 0.15) is 4.90 Å². The lowest BCUT2D eigenvalue weighted by Crippen LogP contribution is -2.16. The molecule has 0 saturated carbocycles. The minimum atomic E-state index is -5.02. The Morgan fingerprint density at radius 2 is 1.49 bits per heavy atom. The number of aromatic hydroxyl groups is 1. The van der Waals surface area contributed by atoms with Gasteiger partial charge in [-0.25, -0.2) is 0 Å². The molecule has 0 unspecified atom stereocenters. The van der Waals surface area contributed by atoms with E-state index in [1.165, 1.54) is 12.1 Å². The number of halogens is 6. The molecular formula is C19H6Br5IN2O9S. The normalized spacial score (nSPS) is 15.3. The van der Waals surface area contributed by atoms with Crippen molar-refractivity contribution < 1.29 is 32.7 Å². The summed E-state index contributed by atoms with van der Waals surface area (Å²) in [6, 6.07) is 2.13. The molecule has 0 aliphatic heterocycles. The van der Waals surface area contributed by atoms with E-state index < -0.39 is 47.8 Å². The molecule has 11 nitrogen and oxygen atoms in total. The smallest absolute Gasteiger partial charge is 0.318 e. The molecule has 2 N–H and O–H groups in total. The number of Topliss-reactive ketones (excluding diaryl/α,β-unsaturated/α-hetero) is 1. The SMILES string of the molecule is O=C1C(I)=CC(=C(c2cc(Br)c(O)c([N+](=O)[O-])c2)c2c(Br)c(Br)c(Br)c(Br)c2S(=O)(=O)O)C=C1[N+](=O)[O-]. The number of phenolic OH excluding ortho intramolecular Hbond substituents is 1. The topological polar surface area (TPSA) is 178 Å². The average Bonchev–Trinajstić information content (AvgIpc) is 2.78. The third-order valence-corrected chi connectivity index (χ3v) is 12.1. The number of hydrogen-bond acceptors (Lipinski definition) is 8. The maximum Gasteiger partial charge on any atom is 0.318 e. The summed E-state index contributed by atoms with van der Waals surface area (Å²) in [5.74, 6) is -1.63. The Labute approximate surface area is 262 Å². The van der Waals surface area contributed by atoms with Crippen LogP contribution < -0.4 is 0 Å². The van der Waals surface area contributed by atoms with Crippen molar-refractivity contribution in [2.75, 3.05) is 0 Å². The average molecular weight is 965 g/mol. The summed E-state index contributed by atoms with van der Waals surface area (Å²) < 4.78 is 35.4. The number of carbonyl (C=O) groups is 1.